The molecule has 0 fully saturated rings. The summed E-state index contributed by atoms with van der Waals surface area (Å²) in [4.78, 5) is 16.2. The van der Waals surface area contributed by atoms with Gasteiger partial charge >= 0.3 is 0 Å². The molecule has 0 radical (unpaired) electrons. The molecule has 0 aliphatic rings. The molecule has 0 amide bonds. The predicted molar refractivity (Wildman–Crippen MR) is 67.4 cm³/mol. The average Bonchev–Trinajstić information content (AvgIpc) is 2.93. The van der Waals surface area contributed by atoms with Gasteiger partial charge in [-0.2, -0.15) is 5.10 Å². The summed E-state index contributed by atoms with van der Waals surface area (Å²) in [6, 6.07) is 10.6. The minimum absolute atomic E-state index is 0.102. The van der Waals surface area contributed by atoms with Gasteiger partial charge in [0.15, 0.2) is 0 Å². The van der Waals surface area contributed by atoms with Crippen molar-refractivity contribution in [3.05, 3.63) is 65.3 Å². The van der Waals surface area contributed by atoms with E-state index in [1.54, 1.807) is 36.8 Å². The van der Waals surface area contributed by atoms with E-state index in [2.05, 4.69) is 15.2 Å². The van der Waals surface area contributed by atoms with Crippen LogP contribution >= 0.6 is 0 Å². The highest BCUT2D eigenvalue weighted by Gasteiger charge is 2.04. The molecule has 0 unspecified atom stereocenters. The number of pyridine rings is 2. The van der Waals surface area contributed by atoms with Crippen LogP contribution in [0.3, 0.4) is 0 Å². The maximum atomic E-state index is 11.7. The Morgan fingerprint density at radius 1 is 1.11 bits per heavy atom. The molecule has 0 saturated heterocycles. The summed E-state index contributed by atoms with van der Waals surface area (Å²) in [6.07, 6.45) is 5.16. The van der Waals surface area contributed by atoms with E-state index in [4.69, 9.17) is 0 Å². The zero-order chi connectivity index (χ0) is 12.4. The monoisotopic (exact) mass is 238 g/mol. The second-order valence-electron chi connectivity index (χ2n) is 3.78. The number of nitrogens with zero attached hydrogens (tertiary/aromatic N) is 3. The molecule has 0 aliphatic carbocycles. The maximum Gasteiger partial charge on any atom is 0.256 e. The van der Waals surface area contributed by atoms with E-state index in [0.717, 1.165) is 11.3 Å². The SMILES string of the molecule is O=c1ccccn1-c1cccc(-c2cn[nH]c2)n1. The minimum Gasteiger partial charge on any atom is -0.285 e. The molecule has 3 aromatic heterocycles. The first-order chi connectivity index (χ1) is 8.84. The van der Waals surface area contributed by atoms with Gasteiger partial charge < -0.3 is 0 Å². The Bertz CT molecular complexity index is 716. The highest BCUT2D eigenvalue weighted by molar-refractivity contribution is 5.57. The van der Waals surface area contributed by atoms with E-state index >= 15 is 0 Å². The molecule has 0 aromatic carbocycles. The van der Waals surface area contributed by atoms with Gasteiger partial charge in [0.25, 0.3) is 5.56 Å². The fourth-order valence-corrected chi connectivity index (χ4v) is 1.73. The molecular weight excluding hydrogens is 228 g/mol. The summed E-state index contributed by atoms with van der Waals surface area (Å²) >= 11 is 0. The van der Waals surface area contributed by atoms with E-state index < -0.39 is 0 Å². The summed E-state index contributed by atoms with van der Waals surface area (Å²) < 4.78 is 1.50. The van der Waals surface area contributed by atoms with Crippen molar-refractivity contribution in [1.29, 1.82) is 0 Å². The molecule has 3 heterocycles. The van der Waals surface area contributed by atoms with Gasteiger partial charge in [-0.3, -0.25) is 14.5 Å². The number of nitrogens with one attached hydrogen (secondary N) is 1. The fraction of sp³-hybridized carbons (Fsp3) is 0. The van der Waals surface area contributed by atoms with Crippen molar-refractivity contribution in [3.8, 4) is 17.1 Å². The van der Waals surface area contributed by atoms with Crippen LogP contribution in [-0.2, 0) is 0 Å². The zero-order valence-electron chi connectivity index (χ0n) is 9.45. The third-order valence-electron chi connectivity index (χ3n) is 2.60. The van der Waals surface area contributed by atoms with Gasteiger partial charge in [0, 0.05) is 24.0 Å². The van der Waals surface area contributed by atoms with Gasteiger partial charge in [0.05, 0.1) is 11.9 Å². The molecular formula is C13H10N4O. The van der Waals surface area contributed by atoms with Crippen LogP contribution in [0, 0.1) is 0 Å². The highest BCUT2D eigenvalue weighted by Crippen LogP contribution is 2.15. The quantitative estimate of drug-likeness (QED) is 0.738. The second kappa shape index (κ2) is 4.29. The standard InChI is InChI=1S/C13H10N4O/c18-13-6-1-2-7-17(13)12-5-3-4-11(16-12)10-8-14-15-9-10/h1-9H,(H,14,15). The van der Waals surface area contributed by atoms with E-state index in [-0.39, 0.29) is 5.56 Å². The molecule has 0 aliphatic heterocycles. The summed E-state index contributed by atoms with van der Waals surface area (Å²) in [5.41, 5.74) is 1.56. The number of H-pyrrole nitrogens is 1. The molecule has 5 nitrogen and oxygen atoms in total. The molecule has 0 saturated carbocycles. The van der Waals surface area contributed by atoms with Crippen LogP contribution in [0.5, 0.6) is 0 Å². The second-order valence-corrected chi connectivity index (χ2v) is 3.78. The molecule has 18 heavy (non-hydrogen) atoms. The van der Waals surface area contributed by atoms with Crippen LogP contribution in [0.25, 0.3) is 17.1 Å². The van der Waals surface area contributed by atoms with E-state index in [0.29, 0.717) is 5.82 Å². The lowest BCUT2D eigenvalue weighted by atomic mass is 10.2. The molecule has 0 spiro atoms. The summed E-state index contributed by atoms with van der Waals surface area (Å²) in [6.45, 7) is 0. The fourth-order valence-electron chi connectivity index (χ4n) is 1.73. The van der Waals surface area contributed by atoms with Gasteiger partial charge in [-0.05, 0) is 18.2 Å². The normalized spacial score (nSPS) is 10.4. The molecule has 3 rings (SSSR count). The number of aromatic nitrogens is 4. The summed E-state index contributed by atoms with van der Waals surface area (Å²) in [5.74, 6) is 0.597. The molecule has 0 atom stereocenters. The van der Waals surface area contributed by atoms with Crippen molar-refractivity contribution in [1.82, 2.24) is 19.7 Å². The van der Waals surface area contributed by atoms with Crippen molar-refractivity contribution in [3.63, 3.8) is 0 Å². The third kappa shape index (κ3) is 1.82. The molecule has 0 bridgehead atoms. The number of hydrogen-bond donors (Lipinski definition) is 1. The lowest BCUT2D eigenvalue weighted by Gasteiger charge is -2.05. The van der Waals surface area contributed by atoms with Gasteiger partial charge in [-0.1, -0.05) is 12.1 Å². The van der Waals surface area contributed by atoms with Crippen LogP contribution in [0.15, 0.2) is 59.8 Å². The van der Waals surface area contributed by atoms with Crippen molar-refractivity contribution in [2.75, 3.05) is 0 Å². The molecule has 3 aromatic rings. The predicted octanol–water partition coefficient (Wildman–Crippen LogP) is 1.62. The van der Waals surface area contributed by atoms with Crippen molar-refractivity contribution < 1.29 is 0 Å². The van der Waals surface area contributed by atoms with Crippen LogP contribution in [0.2, 0.25) is 0 Å². The number of aromatic amines is 1. The third-order valence-corrected chi connectivity index (χ3v) is 2.60. The smallest absolute Gasteiger partial charge is 0.256 e. The Morgan fingerprint density at radius 2 is 2.06 bits per heavy atom. The first kappa shape index (κ1) is 10.5. The van der Waals surface area contributed by atoms with Gasteiger partial charge in [-0.25, -0.2) is 4.98 Å². The van der Waals surface area contributed by atoms with Crippen LogP contribution in [0.4, 0.5) is 0 Å². The molecule has 5 heteroatoms. The zero-order valence-corrected chi connectivity index (χ0v) is 9.45. The highest BCUT2D eigenvalue weighted by atomic mass is 16.1. The number of hydrogen-bond acceptors (Lipinski definition) is 3. The van der Waals surface area contributed by atoms with E-state index in [1.807, 2.05) is 12.1 Å². The Morgan fingerprint density at radius 3 is 2.83 bits per heavy atom. The molecule has 1 N–H and O–H groups in total. The molecule has 88 valence electrons. The van der Waals surface area contributed by atoms with Crippen LogP contribution in [-0.4, -0.2) is 19.7 Å². The van der Waals surface area contributed by atoms with Gasteiger partial charge in [-0.15, -0.1) is 0 Å². The van der Waals surface area contributed by atoms with E-state index in [9.17, 15) is 4.79 Å². The first-order valence-electron chi connectivity index (χ1n) is 5.49. The Kier molecular flexibility index (Phi) is 2.49. The topological polar surface area (TPSA) is 63.6 Å². The maximum absolute atomic E-state index is 11.7. The van der Waals surface area contributed by atoms with Crippen molar-refractivity contribution >= 4 is 0 Å². The lowest BCUT2D eigenvalue weighted by molar-refractivity contribution is 0.943. The van der Waals surface area contributed by atoms with Crippen molar-refractivity contribution in [2.45, 2.75) is 0 Å². The van der Waals surface area contributed by atoms with Gasteiger partial charge in [0.2, 0.25) is 0 Å². The van der Waals surface area contributed by atoms with Crippen LogP contribution < -0.4 is 5.56 Å². The Hall–Kier alpha value is -2.69. The lowest BCUT2D eigenvalue weighted by Crippen LogP contribution is -2.16. The summed E-state index contributed by atoms with van der Waals surface area (Å²) in [5, 5.41) is 6.63. The Labute approximate surface area is 103 Å². The largest absolute Gasteiger partial charge is 0.285 e. The average molecular weight is 238 g/mol. The van der Waals surface area contributed by atoms with Crippen LogP contribution in [0.1, 0.15) is 0 Å². The first-order valence-corrected chi connectivity index (χ1v) is 5.49. The minimum atomic E-state index is -0.102. The number of rotatable bonds is 2. The van der Waals surface area contributed by atoms with Gasteiger partial charge in [0.1, 0.15) is 5.82 Å². The van der Waals surface area contributed by atoms with Crippen molar-refractivity contribution in [2.24, 2.45) is 0 Å². The Balaban J connectivity index is 2.13. The van der Waals surface area contributed by atoms with E-state index in [1.165, 1.54) is 10.6 Å². The summed E-state index contributed by atoms with van der Waals surface area (Å²) in [7, 11) is 0.